The summed E-state index contributed by atoms with van der Waals surface area (Å²) in [5.74, 6) is 0.772. The van der Waals surface area contributed by atoms with E-state index in [0.29, 0.717) is 11.4 Å². The maximum atomic E-state index is 11.6. The van der Waals surface area contributed by atoms with Crippen LogP contribution < -0.4 is 5.73 Å². The lowest BCUT2D eigenvalue weighted by atomic mass is 10.1. The number of anilines is 1. The Hall–Kier alpha value is -1.03. The first-order valence-electron chi connectivity index (χ1n) is 4.60. The highest BCUT2D eigenvalue weighted by Crippen LogP contribution is 2.17. The smallest absolute Gasteiger partial charge is 0.237 e. The molecular formula is C10H14N2OS. The number of pyridine rings is 1. The van der Waals surface area contributed by atoms with Crippen LogP contribution in [-0.4, -0.2) is 15.9 Å². The molecule has 0 saturated heterocycles. The van der Waals surface area contributed by atoms with Crippen molar-refractivity contribution in [1.29, 1.82) is 0 Å². The molecule has 0 spiro atoms. The van der Waals surface area contributed by atoms with Gasteiger partial charge in [0, 0.05) is 0 Å². The Morgan fingerprint density at radius 1 is 1.57 bits per heavy atom. The van der Waals surface area contributed by atoms with Crippen molar-refractivity contribution in [3.8, 4) is 0 Å². The molecule has 1 aromatic rings. The molecule has 1 aromatic heterocycles. The van der Waals surface area contributed by atoms with E-state index in [4.69, 9.17) is 5.73 Å². The predicted octanol–water partition coefficient (Wildman–Crippen LogP) is 2.12. The summed E-state index contributed by atoms with van der Waals surface area (Å²) >= 11 is 1.28. The molecule has 4 heteroatoms. The van der Waals surface area contributed by atoms with Crippen molar-refractivity contribution in [3.05, 3.63) is 23.5 Å². The number of nitrogens with two attached hydrogens (primary N) is 1. The van der Waals surface area contributed by atoms with Crippen LogP contribution in [0.25, 0.3) is 0 Å². The minimum Gasteiger partial charge on any atom is -0.397 e. The number of carbonyl (C=O) groups excluding carboxylic acids is 1. The van der Waals surface area contributed by atoms with Crippen molar-refractivity contribution in [2.45, 2.75) is 20.3 Å². The molecule has 0 aromatic carbocycles. The first-order valence-corrected chi connectivity index (χ1v) is 5.59. The molecule has 14 heavy (non-hydrogen) atoms. The number of aryl methyl sites for hydroxylation is 1. The number of nitrogen functional groups attached to an aromatic ring is 1. The Bertz CT molecular complexity index is 339. The number of carbonyl (C=O) groups is 1. The normalized spacial score (nSPS) is 10.1. The Labute approximate surface area is 88.1 Å². The number of hydrogen-bond donors (Lipinski definition) is 1. The van der Waals surface area contributed by atoms with E-state index >= 15 is 0 Å². The summed E-state index contributed by atoms with van der Waals surface area (Å²) < 4.78 is 0. The summed E-state index contributed by atoms with van der Waals surface area (Å²) in [6.45, 7) is 3.94. The van der Waals surface area contributed by atoms with Gasteiger partial charge in [0.2, 0.25) is 5.12 Å². The van der Waals surface area contributed by atoms with Gasteiger partial charge in [-0.1, -0.05) is 25.6 Å². The lowest BCUT2D eigenvalue weighted by Gasteiger charge is -2.05. The molecule has 0 saturated carbocycles. The van der Waals surface area contributed by atoms with Gasteiger partial charge in [0.25, 0.3) is 0 Å². The van der Waals surface area contributed by atoms with Gasteiger partial charge >= 0.3 is 0 Å². The molecule has 0 unspecified atom stereocenters. The Kier molecular flexibility index (Phi) is 3.95. The molecule has 0 radical (unpaired) electrons. The largest absolute Gasteiger partial charge is 0.397 e. The van der Waals surface area contributed by atoms with E-state index in [1.54, 1.807) is 0 Å². The lowest BCUT2D eigenvalue weighted by Crippen LogP contribution is -2.04. The fourth-order valence-electron chi connectivity index (χ4n) is 1.18. The molecule has 0 aliphatic carbocycles. The van der Waals surface area contributed by atoms with E-state index < -0.39 is 0 Å². The zero-order chi connectivity index (χ0) is 10.6. The first-order chi connectivity index (χ1) is 6.69. The molecule has 1 heterocycles. The maximum absolute atomic E-state index is 11.6. The number of aromatic nitrogens is 1. The van der Waals surface area contributed by atoms with Crippen LogP contribution >= 0.6 is 11.8 Å². The molecule has 0 aliphatic heterocycles. The number of hydrogen-bond acceptors (Lipinski definition) is 4. The minimum atomic E-state index is 0.0318. The summed E-state index contributed by atoms with van der Waals surface area (Å²) in [6, 6.07) is 1.82. The van der Waals surface area contributed by atoms with Gasteiger partial charge in [-0.3, -0.25) is 4.79 Å². The lowest BCUT2D eigenvalue weighted by molar-refractivity contribution is 0.108. The predicted molar refractivity (Wildman–Crippen MR) is 60.5 cm³/mol. The van der Waals surface area contributed by atoms with Crippen LogP contribution in [0.4, 0.5) is 5.69 Å². The average Bonchev–Trinajstić information content (AvgIpc) is 2.17. The summed E-state index contributed by atoms with van der Waals surface area (Å²) in [7, 11) is 0. The van der Waals surface area contributed by atoms with Gasteiger partial charge < -0.3 is 5.73 Å². The Balaban J connectivity index is 3.01. The van der Waals surface area contributed by atoms with Gasteiger partial charge in [0.05, 0.1) is 11.9 Å². The molecular weight excluding hydrogens is 196 g/mol. The topological polar surface area (TPSA) is 56.0 Å². The van der Waals surface area contributed by atoms with Gasteiger partial charge in [-0.25, -0.2) is 4.98 Å². The number of thioether (sulfide) groups is 1. The van der Waals surface area contributed by atoms with Crippen LogP contribution in [0.1, 0.15) is 29.9 Å². The molecule has 0 bridgehead atoms. The van der Waals surface area contributed by atoms with Crippen molar-refractivity contribution < 1.29 is 4.79 Å². The average molecular weight is 210 g/mol. The third kappa shape index (κ3) is 2.48. The fourth-order valence-corrected chi connectivity index (χ4v) is 1.76. The monoisotopic (exact) mass is 210 g/mol. The van der Waals surface area contributed by atoms with E-state index in [9.17, 15) is 4.79 Å². The number of rotatable bonds is 3. The molecule has 0 fully saturated rings. The standard InChI is InChI=1S/C10H14N2OS/c1-3-7-5-8(11)6-12-9(7)10(13)14-4-2/h5-6H,3-4,11H2,1-2H3. The van der Waals surface area contributed by atoms with Crippen molar-refractivity contribution >= 4 is 22.6 Å². The summed E-state index contributed by atoms with van der Waals surface area (Å²) in [6.07, 6.45) is 2.31. The zero-order valence-electron chi connectivity index (χ0n) is 8.41. The van der Waals surface area contributed by atoms with E-state index in [0.717, 1.165) is 17.7 Å². The van der Waals surface area contributed by atoms with Crippen LogP contribution in [0.5, 0.6) is 0 Å². The molecule has 0 aliphatic rings. The molecule has 76 valence electrons. The van der Waals surface area contributed by atoms with E-state index in [1.807, 2.05) is 19.9 Å². The highest BCUT2D eigenvalue weighted by atomic mass is 32.2. The first kappa shape index (κ1) is 11.0. The molecule has 1 rings (SSSR count). The van der Waals surface area contributed by atoms with Crippen molar-refractivity contribution in [3.63, 3.8) is 0 Å². The molecule has 3 nitrogen and oxygen atoms in total. The van der Waals surface area contributed by atoms with Crippen LogP contribution in [0, 0.1) is 0 Å². The minimum absolute atomic E-state index is 0.0318. The van der Waals surface area contributed by atoms with Gasteiger partial charge in [0.1, 0.15) is 5.69 Å². The Morgan fingerprint density at radius 2 is 2.29 bits per heavy atom. The van der Waals surface area contributed by atoms with Gasteiger partial charge in [0.15, 0.2) is 0 Å². The summed E-state index contributed by atoms with van der Waals surface area (Å²) in [5.41, 5.74) is 7.68. The van der Waals surface area contributed by atoms with E-state index in [-0.39, 0.29) is 5.12 Å². The molecule has 0 atom stereocenters. The maximum Gasteiger partial charge on any atom is 0.237 e. The van der Waals surface area contributed by atoms with Crippen LogP contribution in [-0.2, 0) is 6.42 Å². The van der Waals surface area contributed by atoms with Crippen molar-refractivity contribution in [2.75, 3.05) is 11.5 Å². The highest BCUT2D eigenvalue weighted by Gasteiger charge is 2.11. The van der Waals surface area contributed by atoms with Gasteiger partial charge in [-0.05, 0) is 23.8 Å². The molecule has 0 amide bonds. The third-order valence-electron chi connectivity index (χ3n) is 1.84. The zero-order valence-corrected chi connectivity index (χ0v) is 9.23. The molecule has 2 N–H and O–H groups in total. The number of nitrogens with zero attached hydrogens (tertiary/aromatic N) is 1. The summed E-state index contributed by atoms with van der Waals surface area (Å²) in [4.78, 5) is 15.7. The second kappa shape index (κ2) is 5.00. The van der Waals surface area contributed by atoms with Crippen molar-refractivity contribution in [1.82, 2.24) is 4.98 Å². The van der Waals surface area contributed by atoms with Gasteiger partial charge in [-0.2, -0.15) is 0 Å². The second-order valence-corrected chi connectivity index (χ2v) is 4.09. The van der Waals surface area contributed by atoms with Crippen LogP contribution in [0.15, 0.2) is 12.3 Å². The Morgan fingerprint density at radius 3 is 2.86 bits per heavy atom. The van der Waals surface area contributed by atoms with Crippen LogP contribution in [0.2, 0.25) is 0 Å². The SMILES string of the molecule is CCSC(=O)c1ncc(N)cc1CC. The van der Waals surface area contributed by atoms with E-state index in [1.165, 1.54) is 18.0 Å². The summed E-state index contributed by atoms with van der Waals surface area (Å²) in [5, 5.41) is 0.0318. The van der Waals surface area contributed by atoms with Gasteiger partial charge in [-0.15, -0.1) is 0 Å². The fraction of sp³-hybridized carbons (Fsp3) is 0.400. The second-order valence-electron chi connectivity index (χ2n) is 2.85. The van der Waals surface area contributed by atoms with Crippen molar-refractivity contribution in [2.24, 2.45) is 0 Å². The third-order valence-corrected chi connectivity index (χ3v) is 2.58. The quantitative estimate of drug-likeness (QED) is 0.830. The van der Waals surface area contributed by atoms with Crippen LogP contribution in [0.3, 0.4) is 0 Å². The van der Waals surface area contributed by atoms with E-state index in [2.05, 4.69) is 4.98 Å². The highest BCUT2D eigenvalue weighted by molar-refractivity contribution is 8.14.